The smallest absolute Gasteiger partial charge is 0.246 e. The highest BCUT2D eigenvalue weighted by Crippen LogP contribution is 2.30. The van der Waals surface area contributed by atoms with Gasteiger partial charge in [0.15, 0.2) is 0 Å². The summed E-state index contributed by atoms with van der Waals surface area (Å²) in [6.07, 6.45) is 3.37. The molecule has 1 amide bonds. The maximum absolute atomic E-state index is 13.9. The molecule has 1 aliphatic rings. The number of carbonyl (C=O) groups excluding carboxylic acids is 1. The van der Waals surface area contributed by atoms with Crippen LogP contribution in [0.2, 0.25) is 0 Å². The van der Waals surface area contributed by atoms with Crippen molar-refractivity contribution in [3.05, 3.63) is 53.2 Å². The van der Waals surface area contributed by atoms with Crippen molar-refractivity contribution in [3.63, 3.8) is 0 Å². The van der Waals surface area contributed by atoms with Crippen LogP contribution in [0.4, 0.5) is 4.39 Å². The van der Waals surface area contributed by atoms with Crippen molar-refractivity contribution in [1.82, 2.24) is 9.80 Å². The van der Waals surface area contributed by atoms with Gasteiger partial charge in [-0.05, 0) is 30.2 Å². The minimum Gasteiger partial charge on any atom is -0.337 e. The Balaban J connectivity index is 1.58. The van der Waals surface area contributed by atoms with Crippen molar-refractivity contribution in [2.75, 3.05) is 26.2 Å². The summed E-state index contributed by atoms with van der Waals surface area (Å²) >= 11 is 1.46. The second-order valence-electron chi connectivity index (χ2n) is 7.19. The largest absolute Gasteiger partial charge is 0.337 e. The molecule has 1 aromatic heterocycles. The second-order valence-corrected chi connectivity index (χ2v) is 8.31. The van der Waals surface area contributed by atoms with Crippen LogP contribution in [0.1, 0.15) is 18.7 Å². The predicted molar refractivity (Wildman–Crippen MR) is 111 cm³/mol. The molecule has 28 heavy (non-hydrogen) atoms. The van der Waals surface area contributed by atoms with Gasteiger partial charge in [0, 0.05) is 47.6 Å². The molecular formula is C22H24FN3OS. The first-order valence-electron chi connectivity index (χ1n) is 9.45. The average Bonchev–Trinajstić information content (AvgIpc) is 3.16. The molecular weight excluding hydrogens is 373 g/mol. The summed E-state index contributed by atoms with van der Waals surface area (Å²) in [5.74, 6) is -0.000864. The molecule has 0 bridgehead atoms. The van der Waals surface area contributed by atoms with Gasteiger partial charge < -0.3 is 4.90 Å². The lowest BCUT2D eigenvalue weighted by atomic mass is 10.0. The zero-order valence-corrected chi connectivity index (χ0v) is 17.0. The SMILES string of the molecule is CC(C)C(C#N)N1CCN(C(=O)/C=C/c2ccc(-c3ccccc3F)s2)CC1. The molecule has 3 rings (SSSR count). The molecule has 0 saturated carbocycles. The van der Waals surface area contributed by atoms with Crippen LogP contribution in [0, 0.1) is 23.1 Å². The molecule has 1 saturated heterocycles. The minimum absolute atomic E-state index is 0.0291. The highest BCUT2D eigenvalue weighted by molar-refractivity contribution is 7.16. The van der Waals surface area contributed by atoms with E-state index in [0.29, 0.717) is 31.7 Å². The second kappa shape index (κ2) is 9.13. The van der Waals surface area contributed by atoms with E-state index in [1.165, 1.54) is 17.4 Å². The molecule has 2 heterocycles. The van der Waals surface area contributed by atoms with Crippen LogP contribution in [-0.2, 0) is 4.79 Å². The number of amides is 1. The first kappa shape index (κ1) is 20.2. The summed E-state index contributed by atoms with van der Waals surface area (Å²) in [5.41, 5.74) is 0.576. The number of thiophene rings is 1. The number of halogens is 1. The van der Waals surface area contributed by atoms with Gasteiger partial charge in [0.1, 0.15) is 11.9 Å². The maximum atomic E-state index is 13.9. The number of carbonyl (C=O) groups is 1. The molecule has 1 aromatic carbocycles. The normalized spacial score (nSPS) is 16.5. The number of hydrogen-bond donors (Lipinski definition) is 0. The summed E-state index contributed by atoms with van der Waals surface area (Å²) in [6.45, 7) is 6.77. The van der Waals surface area contributed by atoms with E-state index in [1.54, 1.807) is 24.3 Å². The quantitative estimate of drug-likeness (QED) is 0.709. The summed E-state index contributed by atoms with van der Waals surface area (Å²) in [7, 11) is 0. The Morgan fingerprint density at radius 1 is 1.18 bits per heavy atom. The van der Waals surface area contributed by atoms with Gasteiger partial charge in [-0.3, -0.25) is 9.69 Å². The fraction of sp³-hybridized carbons (Fsp3) is 0.364. The van der Waals surface area contributed by atoms with E-state index in [-0.39, 0.29) is 23.7 Å². The Kier molecular flexibility index (Phi) is 6.61. The monoisotopic (exact) mass is 397 g/mol. The van der Waals surface area contributed by atoms with Gasteiger partial charge in [-0.25, -0.2) is 4.39 Å². The standard InChI is InChI=1S/C22H24FN3OS/c1-16(2)20(15-24)25-11-13-26(14-12-25)22(27)10-8-17-7-9-21(28-17)18-5-3-4-6-19(18)23/h3-10,16,20H,11-14H2,1-2H3/b10-8+. The molecule has 146 valence electrons. The van der Waals surface area contributed by atoms with Crippen molar-refractivity contribution in [1.29, 1.82) is 5.26 Å². The topological polar surface area (TPSA) is 47.3 Å². The molecule has 0 spiro atoms. The van der Waals surface area contributed by atoms with Gasteiger partial charge in [0.05, 0.1) is 6.07 Å². The molecule has 1 fully saturated rings. The summed E-state index contributed by atoms with van der Waals surface area (Å²) in [4.78, 5) is 18.2. The van der Waals surface area contributed by atoms with Crippen LogP contribution >= 0.6 is 11.3 Å². The van der Waals surface area contributed by atoms with Gasteiger partial charge in [0.25, 0.3) is 0 Å². The van der Waals surface area contributed by atoms with E-state index < -0.39 is 0 Å². The van der Waals surface area contributed by atoms with Gasteiger partial charge >= 0.3 is 0 Å². The number of nitrogens with zero attached hydrogens (tertiary/aromatic N) is 3. The number of rotatable bonds is 5. The number of nitriles is 1. The van der Waals surface area contributed by atoms with Crippen LogP contribution in [0.5, 0.6) is 0 Å². The molecule has 6 heteroatoms. The lowest BCUT2D eigenvalue weighted by Gasteiger charge is -2.37. The van der Waals surface area contributed by atoms with Crippen LogP contribution in [-0.4, -0.2) is 47.9 Å². The van der Waals surface area contributed by atoms with Crippen LogP contribution in [0.3, 0.4) is 0 Å². The summed E-state index contributed by atoms with van der Waals surface area (Å²) in [5, 5.41) is 9.33. The van der Waals surface area contributed by atoms with Crippen LogP contribution in [0.15, 0.2) is 42.5 Å². The Labute approximate surface area is 169 Å². The molecule has 1 atom stereocenters. The van der Waals surface area contributed by atoms with Crippen molar-refractivity contribution in [2.24, 2.45) is 5.92 Å². The number of benzene rings is 1. The third kappa shape index (κ3) is 4.67. The molecule has 1 unspecified atom stereocenters. The first-order chi connectivity index (χ1) is 13.5. The third-order valence-corrected chi connectivity index (χ3v) is 6.02. The fourth-order valence-electron chi connectivity index (χ4n) is 3.38. The fourth-order valence-corrected chi connectivity index (χ4v) is 4.32. The molecule has 0 N–H and O–H groups in total. The van der Waals surface area contributed by atoms with Crippen molar-refractivity contribution >= 4 is 23.3 Å². The van der Waals surface area contributed by atoms with Gasteiger partial charge in [-0.2, -0.15) is 5.26 Å². The van der Waals surface area contributed by atoms with E-state index in [9.17, 15) is 14.4 Å². The summed E-state index contributed by atoms with van der Waals surface area (Å²) < 4.78 is 13.9. The Morgan fingerprint density at radius 2 is 1.89 bits per heavy atom. The Bertz CT molecular complexity index is 891. The van der Waals surface area contributed by atoms with Crippen LogP contribution in [0.25, 0.3) is 16.5 Å². The lowest BCUT2D eigenvalue weighted by Crippen LogP contribution is -2.52. The number of piperazine rings is 1. The number of hydrogen-bond acceptors (Lipinski definition) is 4. The van der Waals surface area contributed by atoms with E-state index in [2.05, 4.69) is 11.0 Å². The first-order valence-corrected chi connectivity index (χ1v) is 10.3. The van der Waals surface area contributed by atoms with Crippen molar-refractivity contribution in [3.8, 4) is 16.5 Å². The molecule has 4 nitrogen and oxygen atoms in total. The van der Waals surface area contributed by atoms with Gasteiger partial charge in [-0.1, -0.05) is 32.0 Å². The zero-order chi connectivity index (χ0) is 20.1. The lowest BCUT2D eigenvalue weighted by molar-refractivity contribution is -0.127. The summed E-state index contributed by atoms with van der Waals surface area (Å²) in [6, 6.07) is 12.7. The van der Waals surface area contributed by atoms with Gasteiger partial charge in [0.2, 0.25) is 5.91 Å². The molecule has 0 radical (unpaired) electrons. The van der Waals surface area contributed by atoms with E-state index >= 15 is 0 Å². The molecule has 2 aromatic rings. The van der Waals surface area contributed by atoms with Crippen LogP contribution < -0.4 is 0 Å². The molecule has 0 aliphatic carbocycles. The minimum atomic E-state index is -0.245. The Hall–Kier alpha value is -2.49. The average molecular weight is 398 g/mol. The zero-order valence-electron chi connectivity index (χ0n) is 16.1. The predicted octanol–water partition coefficient (Wildman–Crippen LogP) is 4.26. The van der Waals surface area contributed by atoms with E-state index in [4.69, 9.17) is 0 Å². The van der Waals surface area contributed by atoms with Gasteiger partial charge in [-0.15, -0.1) is 11.3 Å². The van der Waals surface area contributed by atoms with Crippen molar-refractivity contribution < 1.29 is 9.18 Å². The molecule has 1 aliphatic heterocycles. The Morgan fingerprint density at radius 3 is 2.54 bits per heavy atom. The highest BCUT2D eigenvalue weighted by Gasteiger charge is 2.26. The highest BCUT2D eigenvalue weighted by atomic mass is 32.1. The van der Waals surface area contributed by atoms with E-state index in [1.807, 2.05) is 36.9 Å². The van der Waals surface area contributed by atoms with E-state index in [0.717, 1.165) is 9.75 Å². The van der Waals surface area contributed by atoms with Crippen molar-refractivity contribution in [2.45, 2.75) is 19.9 Å². The maximum Gasteiger partial charge on any atom is 0.246 e. The third-order valence-electron chi connectivity index (χ3n) is 4.94.